The minimum Gasteiger partial charge on any atom is -0.386 e. The van der Waals surface area contributed by atoms with E-state index in [4.69, 9.17) is 5.73 Å². The molecule has 0 saturated heterocycles. The van der Waals surface area contributed by atoms with Crippen molar-refractivity contribution in [1.29, 1.82) is 0 Å². The van der Waals surface area contributed by atoms with E-state index in [9.17, 15) is 0 Å². The highest BCUT2D eigenvalue weighted by atomic mass is 15.0. The van der Waals surface area contributed by atoms with Gasteiger partial charge in [0, 0.05) is 6.54 Å². The summed E-state index contributed by atoms with van der Waals surface area (Å²) in [5.41, 5.74) is 5.69. The Hall–Kier alpha value is -0.660. The first-order valence-corrected chi connectivity index (χ1v) is 11.0. The standard InChI is InChI=1S/C22H46N2/c1-3-5-6-7-8-9-10-11-12-13-14-15-16-17-18-19-20-21-24-22(23)4-2/h4,24H,3,5-21,23H2,1-2H3. The van der Waals surface area contributed by atoms with E-state index in [1.54, 1.807) is 0 Å². The molecule has 0 aromatic carbocycles. The second kappa shape index (κ2) is 20.4. The highest BCUT2D eigenvalue weighted by Gasteiger charge is 1.95. The van der Waals surface area contributed by atoms with E-state index in [2.05, 4.69) is 12.2 Å². The van der Waals surface area contributed by atoms with Crippen LogP contribution in [0.15, 0.2) is 11.9 Å². The maximum absolute atomic E-state index is 5.69. The number of allylic oxidation sites excluding steroid dienone is 1. The number of unbranched alkanes of at least 4 members (excludes halogenated alkanes) is 16. The van der Waals surface area contributed by atoms with Crippen LogP contribution in [0.2, 0.25) is 0 Å². The van der Waals surface area contributed by atoms with Gasteiger partial charge in [0.05, 0.1) is 5.82 Å². The number of hydrogen-bond donors (Lipinski definition) is 2. The fourth-order valence-corrected chi connectivity index (χ4v) is 3.18. The molecular formula is C22H46N2. The van der Waals surface area contributed by atoms with E-state index in [-0.39, 0.29) is 0 Å². The minimum absolute atomic E-state index is 0.812. The van der Waals surface area contributed by atoms with Crippen LogP contribution in [-0.2, 0) is 0 Å². The van der Waals surface area contributed by atoms with E-state index in [0.717, 1.165) is 12.4 Å². The van der Waals surface area contributed by atoms with Gasteiger partial charge in [-0.15, -0.1) is 0 Å². The molecule has 0 aliphatic carbocycles. The third-order valence-electron chi connectivity index (χ3n) is 4.92. The van der Waals surface area contributed by atoms with Gasteiger partial charge in [0.1, 0.15) is 0 Å². The summed E-state index contributed by atoms with van der Waals surface area (Å²) in [6, 6.07) is 0. The molecule has 0 aliphatic heterocycles. The smallest absolute Gasteiger partial charge is 0.0916 e. The second-order valence-corrected chi connectivity index (χ2v) is 7.33. The van der Waals surface area contributed by atoms with Gasteiger partial charge in [-0.25, -0.2) is 0 Å². The Morgan fingerprint density at radius 2 is 0.958 bits per heavy atom. The maximum Gasteiger partial charge on any atom is 0.0916 e. The molecule has 0 aliphatic rings. The van der Waals surface area contributed by atoms with Crippen LogP contribution in [0.4, 0.5) is 0 Å². The van der Waals surface area contributed by atoms with E-state index < -0.39 is 0 Å². The van der Waals surface area contributed by atoms with Crippen LogP contribution in [0, 0.1) is 0 Å². The van der Waals surface area contributed by atoms with Crippen LogP contribution in [0.1, 0.15) is 123 Å². The van der Waals surface area contributed by atoms with Crippen molar-refractivity contribution in [3.05, 3.63) is 11.9 Å². The molecule has 0 saturated carbocycles. The summed E-state index contributed by atoms with van der Waals surface area (Å²) in [6.07, 6.45) is 26.2. The minimum atomic E-state index is 0.812. The van der Waals surface area contributed by atoms with Crippen LogP contribution in [0.5, 0.6) is 0 Å². The SMILES string of the molecule is CC=C(N)NCCCCCCCCCCCCCCCCCCC. The summed E-state index contributed by atoms with van der Waals surface area (Å²) in [5.74, 6) is 0.812. The van der Waals surface area contributed by atoms with E-state index in [0.29, 0.717) is 0 Å². The van der Waals surface area contributed by atoms with E-state index in [1.165, 1.54) is 109 Å². The fourth-order valence-electron chi connectivity index (χ4n) is 3.18. The van der Waals surface area contributed by atoms with Gasteiger partial charge in [0.2, 0.25) is 0 Å². The number of nitrogens with one attached hydrogen (secondary N) is 1. The summed E-state index contributed by atoms with van der Waals surface area (Å²) in [7, 11) is 0. The Balaban J connectivity index is 3.00. The van der Waals surface area contributed by atoms with E-state index in [1.807, 2.05) is 13.0 Å². The van der Waals surface area contributed by atoms with Gasteiger partial charge in [-0.05, 0) is 19.4 Å². The lowest BCUT2D eigenvalue weighted by Crippen LogP contribution is -2.20. The molecule has 0 amide bonds. The van der Waals surface area contributed by atoms with Gasteiger partial charge < -0.3 is 11.1 Å². The van der Waals surface area contributed by atoms with Crippen molar-refractivity contribution >= 4 is 0 Å². The first kappa shape index (κ1) is 23.3. The highest BCUT2D eigenvalue weighted by Crippen LogP contribution is 2.13. The third kappa shape index (κ3) is 19.4. The number of rotatable bonds is 19. The highest BCUT2D eigenvalue weighted by molar-refractivity contribution is 4.90. The molecule has 0 aromatic rings. The van der Waals surface area contributed by atoms with Crippen LogP contribution >= 0.6 is 0 Å². The molecule has 0 atom stereocenters. The summed E-state index contributed by atoms with van der Waals surface area (Å²) < 4.78 is 0. The summed E-state index contributed by atoms with van der Waals surface area (Å²) in [4.78, 5) is 0. The molecule has 0 rings (SSSR count). The Labute approximate surface area is 153 Å². The average molecular weight is 339 g/mol. The lowest BCUT2D eigenvalue weighted by Gasteiger charge is -2.06. The Morgan fingerprint density at radius 1 is 0.625 bits per heavy atom. The molecule has 0 unspecified atom stereocenters. The molecule has 0 fully saturated rings. The average Bonchev–Trinajstić information content (AvgIpc) is 2.60. The normalized spacial score (nSPS) is 11.8. The van der Waals surface area contributed by atoms with Crippen molar-refractivity contribution in [3.8, 4) is 0 Å². The van der Waals surface area contributed by atoms with Crippen molar-refractivity contribution in [2.45, 2.75) is 123 Å². The molecule has 0 aromatic heterocycles. The fraction of sp³-hybridized carbons (Fsp3) is 0.909. The molecule has 144 valence electrons. The van der Waals surface area contributed by atoms with Crippen molar-refractivity contribution < 1.29 is 0 Å². The Morgan fingerprint density at radius 3 is 1.29 bits per heavy atom. The lowest BCUT2D eigenvalue weighted by molar-refractivity contribution is 0.526. The lowest BCUT2D eigenvalue weighted by atomic mass is 10.0. The van der Waals surface area contributed by atoms with Crippen LogP contribution < -0.4 is 11.1 Å². The van der Waals surface area contributed by atoms with Crippen molar-refractivity contribution in [1.82, 2.24) is 5.32 Å². The van der Waals surface area contributed by atoms with Gasteiger partial charge in [-0.3, -0.25) is 0 Å². The number of hydrogen-bond acceptors (Lipinski definition) is 2. The van der Waals surface area contributed by atoms with E-state index >= 15 is 0 Å². The molecule has 0 bridgehead atoms. The Kier molecular flexibility index (Phi) is 19.8. The zero-order chi connectivity index (χ0) is 17.7. The predicted molar refractivity (Wildman–Crippen MR) is 110 cm³/mol. The molecule has 3 N–H and O–H groups in total. The van der Waals surface area contributed by atoms with Gasteiger partial charge in [-0.2, -0.15) is 0 Å². The summed E-state index contributed by atoms with van der Waals surface area (Å²) in [5, 5.41) is 3.22. The largest absolute Gasteiger partial charge is 0.386 e. The van der Waals surface area contributed by atoms with Gasteiger partial charge in [0.15, 0.2) is 0 Å². The van der Waals surface area contributed by atoms with Crippen molar-refractivity contribution in [2.75, 3.05) is 6.54 Å². The summed E-state index contributed by atoms with van der Waals surface area (Å²) in [6.45, 7) is 5.28. The summed E-state index contributed by atoms with van der Waals surface area (Å²) >= 11 is 0. The molecular weight excluding hydrogens is 292 g/mol. The number of nitrogens with two attached hydrogens (primary N) is 1. The topological polar surface area (TPSA) is 38.0 Å². The molecule has 0 spiro atoms. The van der Waals surface area contributed by atoms with Gasteiger partial charge in [-0.1, -0.05) is 110 Å². The van der Waals surface area contributed by atoms with Crippen molar-refractivity contribution in [3.63, 3.8) is 0 Å². The Bertz CT molecular complexity index is 261. The van der Waals surface area contributed by atoms with Gasteiger partial charge in [0.25, 0.3) is 0 Å². The first-order valence-electron chi connectivity index (χ1n) is 11.0. The van der Waals surface area contributed by atoms with Crippen LogP contribution in [0.3, 0.4) is 0 Å². The molecule has 2 heteroatoms. The maximum atomic E-state index is 5.69. The first-order chi connectivity index (χ1) is 11.8. The van der Waals surface area contributed by atoms with Crippen LogP contribution in [0.25, 0.3) is 0 Å². The molecule has 2 nitrogen and oxygen atoms in total. The molecule has 0 radical (unpaired) electrons. The third-order valence-corrected chi connectivity index (χ3v) is 4.92. The monoisotopic (exact) mass is 338 g/mol. The zero-order valence-electron chi connectivity index (χ0n) is 16.9. The quantitative estimate of drug-likeness (QED) is 0.248. The molecule has 0 heterocycles. The zero-order valence-corrected chi connectivity index (χ0v) is 16.9. The van der Waals surface area contributed by atoms with Gasteiger partial charge >= 0.3 is 0 Å². The van der Waals surface area contributed by atoms with Crippen LogP contribution in [-0.4, -0.2) is 6.54 Å². The van der Waals surface area contributed by atoms with Crippen molar-refractivity contribution in [2.24, 2.45) is 5.73 Å². The molecule has 24 heavy (non-hydrogen) atoms. The predicted octanol–water partition coefficient (Wildman–Crippen LogP) is 7.05. The second-order valence-electron chi connectivity index (χ2n) is 7.33.